The number of hydrogen-bond acceptors (Lipinski definition) is 3. The molecule has 0 aliphatic heterocycles. The quantitative estimate of drug-likeness (QED) is 0.812. The SMILES string of the molecule is Cc1cscc1NCc1cn[nH]c1C. The third-order valence-corrected chi connectivity index (χ3v) is 3.12. The maximum absolute atomic E-state index is 3.98. The van der Waals surface area contributed by atoms with Gasteiger partial charge in [-0.3, -0.25) is 5.10 Å². The van der Waals surface area contributed by atoms with Crippen molar-refractivity contribution in [3.05, 3.63) is 33.8 Å². The second-order valence-corrected chi connectivity index (χ2v) is 4.09. The van der Waals surface area contributed by atoms with Crippen molar-refractivity contribution < 1.29 is 0 Å². The standard InChI is InChI=1S/C10H13N3S/c1-7-5-14-6-10(7)11-3-9-4-12-13-8(9)2/h4-6,11H,3H2,1-2H3,(H,12,13). The molecule has 2 aromatic heterocycles. The normalized spacial score (nSPS) is 10.4. The Hall–Kier alpha value is -1.29. The van der Waals surface area contributed by atoms with Crippen molar-refractivity contribution in [2.45, 2.75) is 20.4 Å². The number of H-pyrrole nitrogens is 1. The number of aryl methyl sites for hydroxylation is 2. The molecule has 0 unspecified atom stereocenters. The molecule has 0 saturated carbocycles. The van der Waals surface area contributed by atoms with Crippen LogP contribution in [0.2, 0.25) is 0 Å². The highest BCUT2D eigenvalue weighted by Crippen LogP contribution is 2.20. The molecule has 2 heterocycles. The minimum Gasteiger partial charge on any atom is -0.380 e. The summed E-state index contributed by atoms with van der Waals surface area (Å²) in [7, 11) is 0. The van der Waals surface area contributed by atoms with Crippen molar-refractivity contribution >= 4 is 17.0 Å². The molecule has 0 aromatic carbocycles. The lowest BCUT2D eigenvalue weighted by Gasteiger charge is -2.04. The topological polar surface area (TPSA) is 40.7 Å². The van der Waals surface area contributed by atoms with Gasteiger partial charge in [-0.05, 0) is 24.8 Å². The molecular formula is C10H13N3S. The number of anilines is 1. The van der Waals surface area contributed by atoms with Gasteiger partial charge in [-0.15, -0.1) is 11.3 Å². The monoisotopic (exact) mass is 207 g/mol. The average Bonchev–Trinajstić information content (AvgIpc) is 2.72. The van der Waals surface area contributed by atoms with Gasteiger partial charge in [0.25, 0.3) is 0 Å². The summed E-state index contributed by atoms with van der Waals surface area (Å²) in [5, 5.41) is 14.6. The molecule has 74 valence electrons. The number of nitrogens with one attached hydrogen (secondary N) is 2. The highest BCUT2D eigenvalue weighted by Gasteiger charge is 2.01. The van der Waals surface area contributed by atoms with E-state index in [0.29, 0.717) is 0 Å². The fourth-order valence-electron chi connectivity index (χ4n) is 1.29. The fraction of sp³-hybridized carbons (Fsp3) is 0.300. The summed E-state index contributed by atoms with van der Waals surface area (Å²) >= 11 is 1.72. The van der Waals surface area contributed by atoms with Gasteiger partial charge in [-0.2, -0.15) is 5.10 Å². The van der Waals surface area contributed by atoms with Gasteiger partial charge in [0.1, 0.15) is 0 Å². The minimum atomic E-state index is 0.833. The Balaban J connectivity index is 2.02. The largest absolute Gasteiger partial charge is 0.380 e. The van der Waals surface area contributed by atoms with Gasteiger partial charge in [-0.1, -0.05) is 0 Å². The molecule has 2 N–H and O–H groups in total. The molecule has 3 nitrogen and oxygen atoms in total. The molecule has 0 radical (unpaired) electrons. The zero-order valence-corrected chi connectivity index (χ0v) is 9.11. The smallest absolute Gasteiger partial charge is 0.0539 e. The van der Waals surface area contributed by atoms with E-state index in [1.54, 1.807) is 11.3 Å². The first-order valence-corrected chi connectivity index (χ1v) is 5.47. The first-order valence-electron chi connectivity index (χ1n) is 4.53. The van der Waals surface area contributed by atoms with Crippen molar-refractivity contribution in [2.24, 2.45) is 0 Å². The van der Waals surface area contributed by atoms with E-state index in [0.717, 1.165) is 12.2 Å². The van der Waals surface area contributed by atoms with E-state index in [1.807, 2.05) is 13.1 Å². The Labute approximate surface area is 87.2 Å². The van der Waals surface area contributed by atoms with Crippen LogP contribution in [0.25, 0.3) is 0 Å². The van der Waals surface area contributed by atoms with Crippen molar-refractivity contribution in [1.29, 1.82) is 0 Å². The lowest BCUT2D eigenvalue weighted by atomic mass is 10.2. The number of rotatable bonds is 3. The number of hydrogen-bond donors (Lipinski definition) is 2. The number of nitrogens with zero attached hydrogens (tertiary/aromatic N) is 1. The average molecular weight is 207 g/mol. The molecule has 0 aliphatic carbocycles. The van der Waals surface area contributed by atoms with E-state index >= 15 is 0 Å². The Bertz CT molecular complexity index is 376. The first-order chi connectivity index (χ1) is 6.77. The molecule has 0 saturated heterocycles. The molecule has 14 heavy (non-hydrogen) atoms. The van der Waals surface area contributed by atoms with Crippen LogP contribution in [-0.2, 0) is 6.54 Å². The third-order valence-electron chi connectivity index (χ3n) is 2.26. The summed E-state index contributed by atoms with van der Waals surface area (Å²) in [6.45, 7) is 4.98. The molecule has 0 fully saturated rings. The molecule has 2 aromatic rings. The Morgan fingerprint density at radius 2 is 2.29 bits per heavy atom. The maximum Gasteiger partial charge on any atom is 0.0539 e. The fourth-order valence-corrected chi connectivity index (χ4v) is 2.09. The van der Waals surface area contributed by atoms with Crippen LogP contribution in [0.1, 0.15) is 16.8 Å². The van der Waals surface area contributed by atoms with Gasteiger partial charge >= 0.3 is 0 Å². The number of aromatic amines is 1. The van der Waals surface area contributed by atoms with Gasteiger partial charge in [0.05, 0.1) is 6.20 Å². The van der Waals surface area contributed by atoms with Gasteiger partial charge in [-0.25, -0.2) is 0 Å². The van der Waals surface area contributed by atoms with Crippen LogP contribution < -0.4 is 5.32 Å². The van der Waals surface area contributed by atoms with Gasteiger partial charge in [0.15, 0.2) is 0 Å². The molecule has 0 spiro atoms. The summed E-state index contributed by atoms with van der Waals surface area (Å²) in [4.78, 5) is 0. The zero-order chi connectivity index (χ0) is 9.97. The zero-order valence-electron chi connectivity index (χ0n) is 8.29. The van der Waals surface area contributed by atoms with Gasteiger partial charge < -0.3 is 5.32 Å². The number of aromatic nitrogens is 2. The van der Waals surface area contributed by atoms with E-state index < -0.39 is 0 Å². The van der Waals surface area contributed by atoms with Gasteiger partial charge in [0, 0.05) is 28.9 Å². The second-order valence-electron chi connectivity index (χ2n) is 3.34. The minimum absolute atomic E-state index is 0.833. The van der Waals surface area contributed by atoms with Crippen LogP contribution in [0.3, 0.4) is 0 Å². The summed E-state index contributed by atoms with van der Waals surface area (Å²) in [5.41, 5.74) is 4.87. The first kappa shape index (κ1) is 9.27. The predicted molar refractivity (Wildman–Crippen MR) is 59.7 cm³/mol. The lowest BCUT2D eigenvalue weighted by molar-refractivity contribution is 1.04. The molecule has 0 atom stereocenters. The Kier molecular flexibility index (Phi) is 2.54. The summed E-state index contributed by atoms with van der Waals surface area (Å²) < 4.78 is 0. The van der Waals surface area contributed by atoms with Crippen molar-refractivity contribution in [3.63, 3.8) is 0 Å². The van der Waals surface area contributed by atoms with Crippen molar-refractivity contribution in [2.75, 3.05) is 5.32 Å². The Morgan fingerprint density at radius 3 is 2.86 bits per heavy atom. The predicted octanol–water partition coefficient (Wildman–Crippen LogP) is 2.70. The van der Waals surface area contributed by atoms with Crippen LogP contribution in [0.15, 0.2) is 17.0 Å². The van der Waals surface area contributed by atoms with Crippen molar-refractivity contribution in [1.82, 2.24) is 10.2 Å². The molecule has 4 heteroatoms. The molecule has 0 aliphatic rings. The Morgan fingerprint density at radius 1 is 1.43 bits per heavy atom. The highest BCUT2D eigenvalue weighted by atomic mass is 32.1. The summed E-state index contributed by atoms with van der Waals surface area (Å²) in [5.74, 6) is 0. The number of thiophene rings is 1. The maximum atomic E-state index is 3.98. The van der Waals surface area contributed by atoms with Crippen LogP contribution in [0.4, 0.5) is 5.69 Å². The van der Waals surface area contributed by atoms with Crippen LogP contribution >= 0.6 is 11.3 Å². The van der Waals surface area contributed by atoms with E-state index in [-0.39, 0.29) is 0 Å². The van der Waals surface area contributed by atoms with E-state index in [1.165, 1.54) is 16.8 Å². The molecule has 0 bridgehead atoms. The van der Waals surface area contributed by atoms with Crippen LogP contribution in [0.5, 0.6) is 0 Å². The lowest BCUT2D eigenvalue weighted by Crippen LogP contribution is -1.99. The van der Waals surface area contributed by atoms with E-state index in [4.69, 9.17) is 0 Å². The highest BCUT2D eigenvalue weighted by molar-refractivity contribution is 7.08. The summed E-state index contributed by atoms with van der Waals surface area (Å²) in [6.07, 6.45) is 1.87. The van der Waals surface area contributed by atoms with E-state index in [2.05, 4.69) is 33.2 Å². The molecule has 0 amide bonds. The summed E-state index contributed by atoms with van der Waals surface area (Å²) in [6, 6.07) is 0. The molecular weight excluding hydrogens is 194 g/mol. The van der Waals surface area contributed by atoms with Gasteiger partial charge in [0.2, 0.25) is 0 Å². The molecule has 2 rings (SSSR count). The van der Waals surface area contributed by atoms with Crippen LogP contribution in [0, 0.1) is 13.8 Å². The van der Waals surface area contributed by atoms with Crippen molar-refractivity contribution in [3.8, 4) is 0 Å². The third kappa shape index (κ3) is 1.80. The second kappa shape index (κ2) is 3.84. The van der Waals surface area contributed by atoms with Crippen LogP contribution in [-0.4, -0.2) is 10.2 Å². The van der Waals surface area contributed by atoms with E-state index in [9.17, 15) is 0 Å².